The minimum Gasteiger partial charge on any atom is -0.393 e. The Kier molecular flexibility index (Phi) is 9.41. The van der Waals surface area contributed by atoms with Crippen LogP contribution in [0.5, 0.6) is 0 Å². The molecule has 5 heteroatoms. The van der Waals surface area contributed by atoms with Crippen molar-refractivity contribution in [3.05, 3.63) is 0 Å². The van der Waals surface area contributed by atoms with E-state index in [1.165, 1.54) is 6.42 Å². The van der Waals surface area contributed by atoms with E-state index in [2.05, 4.69) is 29.5 Å². The van der Waals surface area contributed by atoms with Crippen molar-refractivity contribution in [2.45, 2.75) is 64.5 Å². The van der Waals surface area contributed by atoms with Crippen molar-refractivity contribution in [3.8, 4) is 0 Å². The van der Waals surface area contributed by atoms with E-state index in [0.717, 1.165) is 51.2 Å². The first kappa shape index (κ1) is 17.2. The first-order chi connectivity index (χ1) is 9.76. The topological polar surface area (TPSA) is 65.9 Å². The molecule has 1 saturated carbocycles. The molecule has 0 aromatic heterocycles. The summed E-state index contributed by atoms with van der Waals surface area (Å²) in [5, 5.41) is 16.2. The first-order valence-electron chi connectivity index (χ1n) is 8.06. The number of hydrogen-bond acceptors (Lipinski definition) is 3. The van der Waals surface area contributed by atoms with Gasteiger partial charge in [-0.05, 0) is 39.0 Å². The Morgan fingerprint density at radius 1 is 1.20 bits per heavy atom. The lowest BCUT2D eigenvalue weighted by molar-refractivity contribution is 0.120. The number of rotatable bonds is 8. The quantitative estimate of drug-likeness (QED) is 0.360. The molecule has 0 aliphatic heterocycles. The third-order valence-electron chi connectivity index (χ3n) is 3.53. The Bertz CT molecular complexity index is 264. The summed E-state index contributed by atoms with van der Waals surface area (Å²) in [7, 11) is 0. The Labute approximate surface area is 123 Å². The highest BCUT2D eigenvalue weighted by Gasteiger charge is 2.19. The van der Waals surface area contributed by atoms with Crippen LogP contribution in [0.1, 0.15) is 52.4 Å². The zero-order valence-electron chi connectivity index (χ0n) is 13.0. The van der Waals surface area contributed by atoms with Crippen LogP contribution in [0.2, 0.25) is 0 Å². The van der Waals surface area contributed by atoms with Crippen LogP contribution in [0.3, 0.4) is 0 Å². The molecule has 1 rings (SSSR count). The van der Waals surface area contributed by atoms with E-state index < -0.39 is 0 Å². The molecule has 0 radical (unpaired) electrons. The maximum Gasteiger partial charge on any atom is 0.191 e. The predicted octanol–water partition coefficient (Wildman–Crippen LogP) is 1.66. The molecule has 0 heterocycles. The molecular weight excluding hydrogens is 254 g/mol. The largest absolute Gasteiger partial charge is 0.393 e. The molecular formula is C15H31N3O2. The zero-order valence-corrected chi connectivity index (χ0v) is 13.0. The molecule has 0 amide bonds. The molecule has 5 nitrogen and oxygen atoms in total. The number of ether oxygens (including phenoxy) is 1. The van der Waals surface area contributed by atoms with E-state index in [1.807, 2.05) is 0 Å². The maximum atomic E-state index is 9.52. The number of aliphatic hydroxyl groups is 1. The summed E-state index contributed by atoms with van der Waals surface area (Å²) in [5.41, 5.74) is 0. The van der Waals surface area contributed by atoms with Gasteiger partial charge in [0.25, 0.3) is 0 Å². The van der Waals surface area contributed by atoms with Gasteiger partial charge in [0.15, 0.2) is 5.96 Å². The SMILES string of the molecule is CCCCOCCN=C(NCC)NC1CCC(O)CC1. The van der Waals surface area contributed by atoms with Gasteiger partial charge < -0.3 is 20.5 Å². The van der Waals surface area contributed by atoms with Crippen LogP contribution in [0.25, 0.3) is 0 Å². The maximum absolute atomic E-state index is 9.52. The van der Waals surface area contributed by atoms with Gasteiger partial charge in [0.1, 0.15) is 0 Å². The molecule has 0 spiro atoms. The van der Waals surface area contributed by atoms with Crippen LogP contribution in [-0.2, 0) is 4.74 Å². The summed E-state index contributed by atoms with van der Waals surface area (Å²) in [6, 6.07) is 0.428. The molecule has 1 aliphatic carbocycles. The molecule has 0 aromatic rings. The summed E-state index contributed by atoms with van der Waals surface area (Å²) in [5.74, 6) is 0.869. The predicted molar refractivity (Wildman–Crippen MR) is 83.1 cm³/mol. The van der Waals surface area contributed by atoms with Gasteiger partial charge in [0.05, 0.1) is 19.3 Å². The van der Waals surface area contributed by atoms with Gasteiger partial charge in [-0.15, -0.1) is 0 Å². The van der Waals surface area contributed by atoms with E-state index in [0.29, 0.717) is 19.2 Å². The molecule has 0 aromatic carbocycles. The third-order valence-corrected chi connectivity index (χ3v) is 3.53. The van der Waals surface area contributed by atoms with Crippen molar-refractivity contribution in [2.75, 3.05) is 26.3 Å². The van der Waals surface area contributed by atoms with Crippen molar-refractivity contribution in [1.29, 1.82) is 0 Å². The average Bonchev–Trinajstić information content (AvgIpc) is 2.45. The Balaban J connectivity index is 2.24. The summed E-state index contributed by atoms with van der Waals surface area (Å²) in [4.78, 5) is 4.53. The molecule has 0 unspecified atom stereocenters. The third kappa shape index (κ3) is 7.70. The van der Waals surface area contributed by atoms with Crippen LogP contribution in [0, 0.1) is 0 Å². The van der Waals surface area contributed by atoms with Crippen molar-refractivity contribution < 1.29 is 9.84 Å². The molecule has 20 heavy (non-hydrogen) atoms. The molecule has 3 N–H and O–H groups in total. The van der Waals surface area contributed by atoms with Crippen molar-refractivity contribution in [3.63, 3.8) is 0 Å². The standard InChI is InChI=1S/C15H31N3O2/c1-3-5-11-20-12-10-17-15(16-4-2)18-13-6-8-14(19)9-7-13/h13-14,19H,3-12H2,1-2H3,(H2,16,17,18). The number of unbranched alkanes of at least 4 members (excludes halogenated alkanes) is 1. The normalized spacial score (nSPS) is 23.6. The van der Waals surface area contributed by atoms with E-state index in [4.69, 9.17) is 4.74 Å². The number of nitrogens with zero attached hydrogens (tertiary/aromatic N) is 1. The fraction of sp³-hybridized carbons (Fsp3) is 0.933. The van der Waals surface area contributed by atoms with Crippen LogP contribution >= 0.6 is 0 Å². The zero-order chi connectivity index (χ0) is 14.6. The fourth-order valence-corrected chi connectivity index (χ4v) is 2.30. The van der Waals surface area contributed by atoms with Crippen molar-refractivity contribution in [1.82, 2.24) is 10.6 Å². The van der Waals surface area contributed by atoms with Crippen LogP contribution < -0.4 is 10.6 Å². The highest BCUT2D eigenvalue weighted by molar-refractivity contribution is 5.80. The number of aliphatic imine (C=N–C) groups is 1. The van der Waals surface area contributed by atoms with E-state index in [9.17, 15) is 5.11 Å². The minimum atomic E-state index is -0.112. The summed E-state index contributed by atoms with van der Waals surface area (Å²) < 4.78 is 5.51. The molecule has 0 atom stereocenters. The number of nitrogens with one attached hydrogen (secondary N) is 2. The minimum absolute atomic E-state index is 0.112. The number of guanidine groups is 1. The second kappa shape index (κ2) is 10.9. The summed E-state index contributed by atoms with van der Waals surface area (Å²) >= 11 is 0. The smallest absolute Gasteiger partial charge is 0.191 e. The van der Waals surface area contributed by atoms with Crippen molar-refractivity contribution in [2.24, 2.45) is 4.99 Å². The van der Waals surface area contributed by atoms with E-state index in [-0.39, 0.29) is 6.10 Å². The lowest BCUT2D eigenvalue weighted by Crippen LogP contribution is -2.45. The lowest BCUT2D eigenvalue weighted by atomic mass is 9.93. The second-order valence-corrected chi connectivity index (χ2v) is 5.38. The van der Waals surface area contributed by atoms with Gasteiger partial charge >= 0.3 is 0 Å². The summed E-state index contributed by atoms with van der Waals surface area (Å²) in [6.45, 7) is 7.29. The van der Waals surface area contributed by atoms with Crippen LogP contribution in [0.4, 0.5) is 0 Å². The molecule has 1 aliphatic rings. The Morgan fingerprint density at radius 3 is 2.60 bits per heavy atom. The highest BCUT2D eigenvalue weighted by atomic mass is 16.5. The molecule has 0 saturated heterocycles. The van der Waals surface area contributed by atoms with Gasteiger partial charge in [-0.2, -0.15) is 0 Å². The van der Waals surface area contributed by atoms with Crippen LogP contribution in [0.15, 0.2) is 4.99 Å². The van der Waals surface area contributed by atoms with E-state index >= 15 is 0 Å². The number of aliphatic hydroxyl groups excluding tert-OH is 1. The van der Waals surface area contributed by atoms with Gasteiger partial charge in [0, 0.05) is 19.2 Å². The highest BCUT2D eigenvalue weighted by Crippen LogP contribution is 2.18. The van der Waals surface area contributed by atoms with E-state index in [1.54, 1.807) is 0 Å². The molecule has 1 fully saturated rings. The van der Waals surface area contributed by atoms with Gasteiger partial charge in [-0.3, -0.25) is 4.99 Å². The Hall–Kier alpha value is -0.810. The van der Waals surface area contributed by atoms with Crippen molar-refractivity contribution >= 4 is 5.96 Å². The Morgan fingerprint density at radius 2 is 1.95 bits per heavy atom. The monoisotopic (exact) mass is 285 g/mol. The fourth-order valence-electron chi connectivity index (χ4n) is 2.30. The second-order valence-electron chi connectivity index (χ2n) is 5.38. The number of hydrogen-bond donors (Lipinski definition) is 3. The van der Waals surface area contributed by atoms with Gasteiger partial charge in [0.2, 0.25) is 0 Å². The molecule has 0 bridgehead atoms. The average molecular weight is 285 g/mol. The first-order valence-corrected chi connectivity index (χ1v) is 8.06. The lowest BCUT2D eigenvalue weighted by Gasteiger charge is -2.27. The summed E-state index contributed by atoms with van der Waals surface area (Å²) in [6.07, 6.45) is 5.97. The van der Waals surface area contributed by atoms with Gasteiger partial charge in [-0.1, -0.05) is 13.3 Å². The van der Waals surface area contributed by atoms with Gasteiger partial charge in [-0.25, -0.2) is 0 Å². The molecule has 118 valence electrons. The van der Waals surface area contributed by atoms with Crippen LogP contribution in [-0.4, -0.2) is 49.5 Å².